The second kappa shape index (κ2) is 6.24. The van der Waals surface area contributed by atoms with Crippen molar-refractivity contribution in [2.24, 2.45) is 0 Å². The number of hydrogen-bond donors (Lipinski definition) is 2. The summed E-state index contributed by atoms with van der Waals surface area (Å²) in [6, 6.07) is 18.5. The van der Waals surface area contributed by atoms with Crippen molar-refractivity contribution >= 4 is 18.4 Å². The number of carbonyl (C=O) groups is 1. The molecule has 0 radical (unpaired) electrons. The Hall–Kier alpha value is -2.59. The summed E-state index contributed by atoms with van der Waals surface area (Å²) in [5.41, 5.74) is 3.37. The SMILES string of the molecule is Cl.O=C(O)c1ccccc1-c1cc(-c2ccccc2)n[nH]1. The molecule has 3 aromatic rings. The van der Waals surface area contributed by atoms with Gasteiger partial charge in [0.2, 0.25) is 0 Å². The highest BCUT2D eigenvalue weighted by atomic mass is 35.5. The van der Waals surface area contributed by atoms with Gasteiger partial charge in [-0.1, -0.05) is 48.5 Å². The fraction of sp³-hybridized carbons (Fsp3) is 0. The van der Waals surface area contributed by atoms with Crippen molar-refractivity contribution in [2.75, 3.05) is 0 Å². The minimum atomic E-state index is -0.948. The molecule has 1 aromatic heterocycles. The number of nitrogens with one attached hydrogen (secondary N) is 1. The van der Waals surface area contributed by atoms with Gasteiger partial charge < -0.3 is 5.11 Å². The van der Waals surface area contributed by atoms with Gasteiger partial charge in [0.15, 0.2) is 0 Å². The normalized spacial score (nSPS) is 9.90. The summed E-state index contributed by atoms with van der Waals surface area (Å²) < 4.78 is 0. The number of nitrogens with zero attached hydrogens (tertiary/aromatic N) is 1. The quantitative estimate of drug-likeness (QED) is 0.772. The molecule has 0 aliphatic rings. The average Bonchev–Trinajstić information content (AvgIpc) is 2.98. The molecule has 0 fully saturated rings. The molecule has 21 heavy (non-hydrogen) atoms. The van der Waals surface area contributed by atoms with Crippen LogP contribution in [0, 0.1) is 0 Å². The van der Waals surface area contributed by atoms with Crippen LogP contribution in [0.4, 0.5) is 0 Å². The molecular formula is C16H13ClN2O2. The lowest BCUT2D eigenvalue weighted by Gasteiger charge is -2.02. The molecule has 0 saturated heterocycles. The van der Waals surface area contributed by atoms with Crippen molar-refractivity contribution in [3.05, 3.63) is 66.2 Å². The number of halogens is 1. The molecule has 0 aliphatic heterocycles. The standard InChI is InChI=1S/C16H12N2O2.ClH/c19-16(20)13-9-5-4-8-12(13)15-10-14(17-18-15)11-6-2-1-3-7-11;/h1-10H,(H,17,18)(H,19,20);1H. The number of hydrogen-bond acceptors (Lipinski definition) is 2. The molecule has 2 N–H and O–H groups in total. The maximum absolute atomic E-state index is 11.2. The van der Waals surface area contributed by atoms with E-state index in [4.69, 9.17) is 0 Å². The maximum atomic E-state index is 11.2. The Morgan fingerprint density at radius 3 is 2.38 bits per heavy atom. The summed E-state index contributed by atoms with van der Waals surface area (Å²) in [6.45, 7) is 0. The third-order valence-corrected chi connectivity index (χ3v) is 3.10. The summed E-state index contributed by atoms with van der Waals surface area (Å²) >= 11 is 0. The molecule has 0 amide bonds. The lowest BCUT2D eigenvalue weighted by Crippen LogP contribution is -1.98. The van der Waals surface area contributed by atoms with E-state index in [-0.39, 0.29) is 18.0 Å². The zero-order valence-electron chi connectivity index (χ0n) is 11.0. The number of carboxylic acids is 1. The van der Waals surface area contributed by atoms with E-state index < -0.39 is 5.97 Å². The summed E-state index contributed by atoms with van der Waals surface area (Å²) in [6.07, 6.45) is 0. The van der Waals surface area contributed by atoms with Crippen molar-refractivity contribution in [2.45, 2.75) is 0 Å². The van der Waals surface area contributed by atoms with Gasteiger partial charge in [-0.3, -0.25) is 5.10 Å². The van der Waals surface area contributed by atoms with Gasteiger partial charge in [-0.05, 0) is 12.1 Å². The smallest absolute Gasteiger partial charge is 0.336 e. The number of aromatic carboxylic acids is 1. The van der Waals surface area contributed by atoms with Crippen LogP contribution in [0.2, 0.25) is 0 Å². The molecule has 3 rings (SSSR count). The molecular weight excluding hydrogens is 288 g/mol. The van der Waals surface area contributed by atoms with Gasteiger partial charge in [0, 0.05) is 11.1 Å². The number of H-pyrrole nitrogens is 1. The van der Waals surface area contributed by atoms with Crippen LogP contribution in [-0.4, -0.2) is 21.3 Å². The topological polar surface area (TPSA) is 66.0 Å². The maximum Gasteiger partial charge on any atom is 0.336 e. The second-order valence-corrected chi connectivity index (χ2v) is 4.38. The second-order valence-electron chi connectivity index (χ2n) is 4.38. The highest BCUT2D eigenvalue weighted by Gasteiger charge is 2.13. The van der Waals surface area contributed by atoms with E-state index in [1.807, 2.05) is 42.5 Å². The molecule has 0 spiro atoms. The Kier molecular flexibility index (Phi) is 4.40. The van der Waals surface area contributed by atoms with Gasteiger partial charge in [-0.15, -0.1) is 12.4 Å². The number of benzene rings is 2. The van der Waals surface area contributed by atoms with Crippen LogP contribution in [0.5, 0.6) is 0 Å². The third-order valence-electron chi connectivity index (χ3n) is 3.10. The summed E-state index contributed by atoms with van der Waals surface area (Å²) in [4.78, 5) is 11.2. The van der Waals surface area contributed by atoms with Crippen molar-refractivity contribution in [1.29, 1.82) is 0 Å². The van der Waals surface area contributed by atoms with Gasteiger partial charge in [0.25, 0.3) is 0 Å². The van der Waals surface area contributed by atoms with Crippen molar-refractivity contribution in [3.8, 4) is 22.5 Å². The molecule has 0 atom stereocenters. The van der Waals surface area contributed by atoms with Gasteiger partial charge in [-0.2, -0.15) is 5.10 Å². The molecule has 4 nitrogen and oxygen atoms in total. The fourth-order valence-electron chi connectivity index (χ4n) is 2.12. The Morgan fingerprint density at radius 1 is 1.00 bits per heavy atom. The molecule has 0 unspecified atom stereocenters. The van der Waals surface area contributed by atoms with E-state index in [0.29, 0.717) is 11.3 Å². The summed E-state index contributed by atoms with van der Waals surface area (Å²) in [5, 5.41) is 16.4. The third kappa shape index (κ3) is 2.95. The molecule has 106 valence electrons. The first-order chi connectivity index (χ1) is 9.75. The number of aromatic nitrogens is 2. The first-order valence-corrected chi connectivity index (χ1v) is 6.19. The van der Waals surface area contributed by atoms with E-state index in [9.17, 15) is 9.90 Å². The number of rotatable bonds is 3. The van der Waals surface area contributed by atoms with Gasteiger partial charge in [0.1, 0.15) is 0 Å². The van der Waals surface area contributed by atoms with E-state index in [2.05, 4.69) is 10.2 Å². The summed E-state index contributed by atoms with van der Waals surface area (Å²) in [7, 11) is 0. The lowest BCUT2D eigenvalue weighted by molar-refractivity contribution is 0.0697. The Balaban J connectivity index is 0.00000161. The predicted molar refractivity (Wildman–Crippen MR) is 83.7 cm³/mol. The highest BCUT2D eigenvalue weighted by Crippen LogP contribution is 2.26. The molecule has 0 bridgehead atoms. The number of carboxylic acid groups (broad SMARTS) is 1. The monoisotopic (exact) mass is 300 g/mol. The number of aromatic amines is 1. The van der Waals surface area contributed by atoms with Crippen LogP contribution < -0.4 is 0 Å². The van der Waals surface area contributed by atoms with Crippen LogP contribution in [-0.2, 0) is 0 Å². The fourth-order valence-corrected chi connectivity index (χ4v) is 2.12. The largest absolute Gasteiger partial charge is 0.478 e. The van der Waals surface area contributed by atoms with Crippen LogP contribution in [0.3, 0.4) is 0 Å². The predicted octanol–water partition coefficient (Wildman–Crippen LogP) is 3.86. The molecule has 1 heterocycles. The van der Waals surface area contributed by atoms with Gasteiger partial charge in [0.05, 0.1) is 17.0 Å². The van der Waals surface area contributed by atoms with Gasteiger partial charge in [-0.25, -0.2) is 4.79 Å². The first kappa shape index (κ1) is 14.8. The highest BCUT2D eigenvalue weighted by molar-refractivity contribution is 5.95. The van der Waals surface area contributed by atoms with E-state index in [0.717, 1.165) is 11.3 Å². The van der Waals surface area contributed by atoms with E-state index >= 15 is 0 Å². The molecule has 0 saturated carbocycles. The Labute approximate surface area is 127 Å². The summed E-state index contributed by atoms with van der Waals surface area (Å²) in [5.74, 6) is -0.948. The molecule has 5 heteroatoms. The van der Waals surface area contributed by atoms with Crippen LogP contribution >= 0.6 is 12.4 Å². The average molecular weight is 301 g/mol. The lowest BCUT2D eigenvalue weighted by atomic mass is 10.0. The van der Waals surface area contributed by atoms with E-state index in [1.165, 1.54) is 0 Å². The zero-order valence-corrected chi connectivity index (χ0v) is 11.8. The first-order valence-electron chi connectivity index (χ1n) is 6.19. The van der Waals surface area contributed by atoms with Gasteiger partial charge >= 0.3 is 5.97 Å². The van der Waals surface area contributed by atoms with E-state index in [1.54, 1.807) is 18.2 Å². The molecule has 2 aromatic carbocycles. The Bertz CT molecular complexity index is 754. The minimum absolute atomic E-state index is 0. The minimum Gasteiger partial charge on any atom is -0.478 e. The van der Waals surface area contributed by atoms with Crippen molar-refractivity contribution in [1.82, 2.24) is 10.2 Å². The van der Waals surface area contributed by atoms with Crippen molar-refractivity contribution < 1.29 is 9.90 Å². The van der Waals surface area contributed by atoms with Crippen LogP contribution in [0.1, 0.15) is 10.4 Å². The zero-order chi connectivity index (χ0) is 13.9. The van der Waals surface area contributed by atoms with Crippen LogP contribution in [0.25, 0.3) is 22.5 Å². The Morgan fingerprint density at radius 2 is 1.67 bits per heavy atom. The van der Waals surface area contributed by atoms with Crippen LogP contribution in [0.15, 0.2) is 60.7 Å². The van der Waals surface area contributed by atoms with Crippen molar-refractivity contribution in [3.63, 3.8) is 0 Å². The molecule has 0 aliphatic carbocycles.